The fraction of sp³-hybridized carbons (Fsp3) is 0.308. The highest BCUT2D eigenvalue weighted by Crippen LogP contribution is 2.16. The van der Waals surface area contributed by atoms with Crippen molar-refractivity contribution in [2.75, 3.05) is 24.3 Å². The number of hydrogen-bond donors (Lipinski definition) is 2. The van der Waals surface area contributed by atoms with Gasteiger partial charge < -0.3 is 15.4 Å². The molecule has 1 heterocycles. The molecule has 0 aliphatic rings. The Balaban J connectivity index is 2.19. The summed E-state index contributed by atoms with van der Waals surface area (Å²) in [5, 5.41) is 6.00. The monoisotopic (exact) mass is 259 g/mol. The van der Waals surface area contributed by atoms with E-state index < -0.39 is 0 Å². The van der Waals surface area contributed by atoms with Crippen molar-refractivity contribution >= 4 is 17.6 Å². The van der Waals surface area contributed by atoms with Gasteiger partial charge in [0.25, 0.3) is 0 Å². The summed E-state index contributed by atoms with van der Waals surface area (Å²) in [5.74, 6) is 0.927. The molecule has 2 aromatic rings. The predicted octanol–water partition coefficient (Wildman–Crippen LogP) is 2.45. The standard InChI is InChI=1S/C13H17N5O/c1-3-9-19-13-17-11(14-2)16-12(18-13)15-10-7-5-4-6-8-10/h4-8H,3,9H2,1-2H3,(H2,14,15,16,17,18). The van der Waals surface area contributed by atoms with E-state index in [0.717, 1.165) is 12.1 Å². The summed E-state index contributed by atoms with van der Waals surface area (Å²) in [6, 6.07) is 10.0. The lowest BCUT2D eigenvalue weighted by Crippen LogP contribution is -2.07. The number of benzene rings is 1. The molecule has 0 fully saturated rings. The molecule has 6 nitrogen and oxygen atoms in total. The molecule has 2 N–H and O–H groups in total. The number of para-hydroxylation sites is 1. The van der Waals surface area contributed by atoms with Crippen LogP contribution in [0.25, 0.3) is 0 Å². The van der Waals surface area contributed by atoms with E-state index >= 15 is 0 Å². The summed E-state index contributed by atoms with van der Waals surface area (Å²) in [4.78, 5) is 12.6. The van der Waals surface area contributed by atoms with Crippen molar-refractivity contribution in [1.29, 1.82) is 0 Å². The highest BCUT2D eigenvalue weighted by atomic mass is 16.5. The van der Waals surface area contributed by atoms with Gasteiger partial charge in [-0.1, -0.05) is 25.1 Å². The van der Waals surface area contributed by atoms with Crippen LogP contribution in [-0.2, 0) is 0 Å². The predicted molar refractivity (Wildman–Crippen MR) is 74.9 cm³/mol. The van der Waals surface area contributed by atoms with Crippen molar-refractivity contribution in [3.8, 4) is 6.01 Å². The molecule has 2 rings (SSSR count). The van der Waals surface area contributed by atoms with Gasteiger partial charge in [-0.15, -0.1) is 0 Å². The molecule has 100 valence electrons. The van der Waals surface area contributed by atoms with Crippen molar-refractivity contribution in [2.24, 2.45) is 0 Å². The van der Waals surface area contributed by atoms with E-state index in [-0.39, 0.29) is 0 Å². The van der Waals surface area contributed by atoms with Crippen LogP contribution < -0.4 is 15.4 Å². The molecule has 0 amide bonds. The summed E-state index contributed by atoms with van der Waals surface area (Å²) in [5.41, 5.74) is 0.914. The van der Waals surface area contributed by atoms with Gasteiger partial charge in [-0.3, -0.25) is 0 Å². The highest BCUT2D eigenvalue weighted by molar-refractivity contribution is 5.53. The third-order valence-electron chi connectivity index (χ3n) is 2.30. The van der Waals surface area contributed by atoms with Crippen LogP contribution in [0.3, 0.4) is 0 Å². The molecule has 0 aliphatic heterocycles. The van der Waals surface area contributed by atoms with Crippen molar-refractivity contribution in [3.63, 3.8) is 0 Å². The summed E-state index contributed by atoms with van der Waals surface area (Å²) < 4.78 is 5.43. The van der Waals surface area contributed by atoms with E-state index in [0.29, 0.717) is 24.5 Å². The van der Waals surface area contributed by atoms with Crippen LogP contribution in [0.2, 0.25) is 0 Å². The topological polar surface area (TPSA) is 72.0 Å². The second kappa shape index (κ2) is 6.53. The van der Waals surface area contributed by atoms with Crippen LogP contribution in [0.5, 0.6) is 6.01 Å². The van der Waals surface area contributed by atoms with Gasteiger partial charge >= 0.3 is 6.01 Å². The van der Waals surface area contributed by atoms with Gasteiger partial charge in [0.05, 0.1) is 6.61 Å². The van der Waals surface area contributed by atoms with Gasteiger partial charge in [0.15, 0.2) is 0 Å². The zero-order chi connectivity index (χ0) is 13.5. The first-order valence-electron chi connectivity index (χ1n) is 6.20. The summed E-state index contributed by atoms with van der Waals surface area (Å²) in [7, 11) is 1.76. The van der Waals surface area contributed by atoms with E-state index in [2.05, 4.69) is 25.6 Å². The molecule has 1 aromatic carbocycles. The Morgan fingerprint density at radius 3 is 2.47 bits per heavy atom. The molecule has 0 saturated heterocycles. The fourth-order valence-electron chi connectivity index (χ4n) is 1.43. The molecule has 0 atom stereocenters. The maximum Gasteiger partial charge on any atom is 0.323 e. The number of nitrogens with one attached hydrogen (secondary N) is 2. The smallest absolute Gasteiger partial charge is 0.323 e. The Hall–Kier alpha value is -2.37. The Labute approximate surface area is 112 Å². The average Bonchev–Trinajstić information content (AvgIpc) is 2.46. The van der Waals surface area contributed by atoms with Crippen molar-refractivity contribution < 1.29 is 4.74 Å². The Bertz CT molecular complexity index is 518. The van der Waals surface area contributed by atoms with Crippen LogP contribution in [-0.4, -0.2) is 28.6 Å². The third kappa shape index (κ3) is 3.80. The van der Waals surface area contributed by atoms with Crippen LogP contribution in [0, 0.1) is 0 Å². The van der Waals surface area contributed by atoms with Crippen LogP contribution >= 0.6 is 0 Å². The molecule has 1 aromatic heterocycles. The quantitative estimate of drug-likeness (QED) is 0.830. The largest absolute Gasteiger partial charge is 0.463 e. The first-order chi connectivity index (χ1) is 9.31. The van der Waals surface area contributed by atoms with Crippen molar-refractivity contribution in [3.05, 3.63) is 30.3 Å². The minimum absolute atomic E-state index is 0.319. The number of rotatable bonds is 6. The normalized spacial score (nSPS) is 10.0. The molecule has 0 aliphatic carbocycles. The van der Waals surface area contributed by atoms with Crippen molar-refractivity contribution in [2.45, 2.75) is 13.3 Å². The number of anilines is 3. The van der Waals surface area contributed by atoms with Gasteiger partial charge in [-0.05, 0) is 18.6 Å². The van der Waals surface area contributed by atoms with Crippen molar-refractivity contribution in [1.82, 2.24) is 15.0 Å². The van der Waals surface area contributed by atoms with E-state index in [9.17, 15) is 0 Å². The van der Waals surface area contributed by atoms with E-state index in [4.69, 9.17) is 4.74 Å². The zero-order valence-electron chi connectivity index (χ0n) is 11.1. The lowest BCUT2D eigenvalue weighted by Gasteiger charge is -2.08. The third-order valence-corrected chi connectivity index (χ3v) is 2.30. The van der Waals surface area contributed by atoms with E-state index in [1.807, 2.05) is 37.3 Å². The Morgan fingerprint density at radius 2 is 1.79 bits per heavy atom. The molecular formula is C13H17N5O. The first kappa shape index (κ1) is 13.1. The molecule has 0 bridgehead atoms. The van der Waals surface area contributed by atoms with Crippen LogP contribution in [0.15, 0.2) is 30.3 Å². The summed E-state index contributed by atoms with van der Waals surface area (Å²) in [6.45, 7) is 2.61. The van der Waals surface area contributed by atoms with Gasteiger partial charge in [-0.2, -0.15) is 15.0 Å². The van der Waals surface area contributed by atoms with Crippen LogP contribution in [0.1, 0.15) is 13.3 Å². The molecule has 6 heteroatoms. The first-order valence-corrected chi connectivity index (χ1v) is 6.20. The second-order valence-corrected chi connectivity index (χ2v) is 3.85. The minimum Gasteiger partial charge on any atom is -0.463 e. The SMILES string of the molecule is CCCOc1nc(NC)nc(Nc2ccccc2)n1. The molecule has 0 unspecified atom stereocenters. The molecule has 0 spiro atoms. The molecular weight excluding hydrogens is 242 g/mol. The van der Waals surface area contributed by atoms with E-state index in [1.54, 1.807) is 7.05 Å². The maximum absolute atomic E-state index is 5.43. The molecule has 0 saturated carbocycles. The number of nitrogens with zero attached hydrogens (tertiary/aromatic N) is 3. The van der Waals surface area contributed by atoms with Gasteiger partial charge in [0.2, 0.25) is 11.9 Å². The summed E-state index contributed by atoms with van der Waals surface area (Å²) in [6.07, 6.45) is 0.905. The fourth-order valence-corrected chi connectivity index (χ4v) is 1.43. The minimum atomic E-state index is 0.319. The van der Waals surface area contributed by atoms with Gasteiger partial charge in [-0.25, -0.2) is 0 Å². The number of hydrogen-bond acceptors (Lipinski definition) is 6. The lowest BCUT2D eigenvalue weighted by atomic mass is 10.3. The molecule has 0 radical (unpaired) electrons. The van der Waals surface area contributed by atoms with E-state index in [1.165, 1.54) is 0 Å². The number of ether oxygens (including phenoxy) is 1. The Kier molecular flexibility index (Phi) is 4.49. The second-order valence-electron chi connectivity index (χ2n) is 3.85. The Morgan fingerprint density at radius 1 is 1.05 bits per heavy atom. The zero-order valence-corrected chi connectivity index (χ0v) is 11.1. The highest BCUT2D eigenvalue weighted by Gasteiger charge is 2.06. The maximum atomic E-state index is 5.43. The van der Waals surface area contributed by atoms with Gasteiger partial charge in [0, 0.05) is 12.7 Å². The average molecular weight is 259 g/mol. The number of aromatic nitrogens is 3. The van der Waals surface area contributed by atoms with Gasteiger partial charge in [0.1, 0.15) is 0 Å². The van der Waals surface area contributed by atoms with Crippen LogP contribution in [0.4, 0.5) is 17.6 Å². The summed E-state index contributed by atoms with van der Waals surface area (Å²) >= 11 is 0. The molecule has 19 heavy (non-hydrogen) atoms. The lowest BCUT2D eigenvalue weighted by molar-refractivity contribution is 0.292.